The van der Waals surface area contributed by atoms with Gasteiger partial charge in [0.1, 0.15) is 11.5 Å². The fourth-order valence-electron chi connectivity index (χ4n) is 2.87. The Morgan fingerprint density at radius 3 is 2.64 bits per heavy atom. The molecule has 1 atom stereocenters. The van der Waals surface area contributed by atoms with Crippen molar-refractivity contribution in [2.24, 2.45) is 0 Å². The SMILES string of the molecule is Cc1cc(C)n(-c2ccc(C(=O)NC3(C(=O)O)CCOC3)cc2F)n1. The van der Waals surface area contributed by atoms with Crippen molar-refractivity contribution in [1.29, 1.82) is 0 Å². The molecule has 8 heteroatoms. The first-order chi connectivity index (χ1) is 11.8. The van der Waals surface area contributed by atoms with Crippen molar-refractivity contribution in [3.63, 3.8) is 0 Å². The van der Waals surface area contributed by atoms with E-state index in [0.717, 1.165) is 17.5 Å². The number of hydrogen-bond acceptors (Lipinski definition) is 4. The van der Waals surface area contributed by atoms with Crippen LogP contribution in [0.2, 0.25) is 0 Å². The Morgan fingerprint density at radius 1 is 1.36 bits per heavy atom. The van der Waals surface area contributed by atoms with Crippen LogP contribution in [0.15, 0.2) is 24.3 Å². The van der Waals surface area contributed by atoms with E-state index in [0.29, 0.717) is 0 Å². The molecule has 1 unspecified atom stereocenters. The zero-order valence-electron chi connectivity index (χ0n) is 13.9. The molecular formula is C17H18FN3O4. The minimum absolute atomic E-state index is 0.0373. The van der Waals surface area contributed by atoms with E-state index >= 15 is 0 Å². The summed E-state index contributed by atoms with van der Waals surface area (Å²) < 4.78 is 21.0. The molecule has 1 amide bonds. The van der Waals surface area contributed by atoms with E-state index < -0.39 is 23.2 Å². The molecule has 1 aliphatic rings. The molecule has 2 heterocycles. The van der Waals surface area contributed by atoms with E-state index in [1.54, 1.807) is 13.8 Å². The highest BCUT2D eigenvalue weighted by Crippen LogP contribution is 2.21. The van der Waals surface area contributed by atoms with E-state index in [1.165, 1.54) is 16.8 Å². The van der Waals surface area contributed by atoms with Gasteiger partial charge in [-0.25, -0.2) is 13.9 Å². The van der Waals surface area contributed by atoms with Gasteiger partial charge in [0.2, 0.25) is 0 Å². The number of hydrogen-bond donors (Lipinski definition) is 2. The van der Waals surface area contributed by atoms with Gasteiger partial charge in [-0.2, -0.15) is 5.10 Å². The zero-order valence-corrected chi connectivity index (χ0v) is 13.9. The molecule has 1 fully saturated rings. The molecule has 25 heavy (non-hydrogen) atoms. The molecular weight excluding hydrogens is 329 g/mol. The molecule has 2 N–H and O–H groups in total. The van der Waals surface area contributed by atoms with Crippen LogP contribution in [0.4, 0.5) is 4.39 Å². The Kier molecular flexibility index (Phi) is 4.30. The quantitative estimate of drug-likeness (QED) is 0.876. The topological polar surface area (TPSA) is 93.5 Å². The molecule has 1 aromatic carbocycles. The van der Waals surface area contributed by atoms with Gasteiger partial charge < -0.3 is 15.2 Å². The minimum Gasteiger partial charge on any atom is -0.479 e. The fourth-order valence-corrected chi connectivity index (χ4v) is 2.87. The summed E-state index contributed by atoms with van der Waals surface area (Å²) in [7, 11) is 0. The van der Waals surface area contributed by atoms with Crippen LogP contribution < -0.4 is 5.32 Å². The van der Waals surface area contributed by atoms with Gasteiger partial charge in [0.15, 0.2) is 5.54 Å². The van der Waals surface area contributed by atoms with Gasteiger partial charge in [-0.05, 0) is 38.1 Å². The van der Waals surface area contributed by atoms with Crippen LogP contribution >= 0.6 is 0 Å². The average Bonchev–Trinajstić information content (AvgIpc) is 3.14. The van der Waals surface area contributed by atoms with Crippen LogP contribution in [0, 0.1) is 19.7 Å². The number of carbonyl (C=O) groups excluding carboxylic acids is 1. The molecule has 0 aliphatic carbocycles. The van der Waals surface area contributed by atoms with E-state index in [4.69, 9.17) is 4.74 Å². The smallest absolute Gasteiger partial charge is 0.331 e. The summed E-state index contributed by atoms with van der Waals surface area (Å²) in [4.78, 5) is 23.8. The number of benzene rings is 1. The standard InChI is InChI=1S/C17H18FN3O4/c1-10-7-11(2)21(20-10)14-4-3-12(8-13(14)18)15(22)19-17(16(23)24)5-6-25-9-17/h3-4,7-8H,5-6,9H2,1-2H3,(H,19,22)(H,23,24). The Bertz CT molecular complexity index is 840. The van der Waals surface area contributed by atoms with Gasteiger partial charge in [-0.1, -0.05) is 0 Å². The van der Waals surface area contributed by atoms with Crippen molar-refractivity contribution in [2.75, 3.05) is 13.2 Å². The predicted molar refractivity (Wildman–Crippen MR) is 86.3 cm³/mol. The van der Waals surface area contributed by atoms with Gasteiger partial charge in [-0.15, -0.1) is 0 Å². The Balaban J connectivity index is 1.86. The second kappa shape index (κ2) is 6.29. The lowest BCUT2D eigenvalue weighted by molar-refractivity contribution is -0.144. The van der Waals surface area contributed by atoms with Gasteiger partial charge >= 0.3 is 5.97 Å². The monoisotopic (exact) mass is 347 g/mol. The highest BCUT2D eigenvalue weighted by atomic mass is 19.1. The van der Waals surface area contributed by atoms with Crippen molar-refractivity contribution >= 4 is 11.9 Å². The third-order valence-electron chi connectivity index (χ3n) is 4.23. The molecule has 1 saturated heterocycles. The summed E-state index contributed by atoms with van der Waals surface area (Å²) >= 11 is 0. The first kappa shape index (κ1) is 17.1. The molecule has 0 spiro atoms. The Hall–Kier alpha value is -2.74. The molecule has 3 rings (SSSR count). The van der Waals surface area contributed by atoms with Gasteiger partial charge in [0.25, 0.3) is 5.91 Å². The number of halogens is 1. The second-order valence-electron chi connectivity index (χ2n) is 6.15. The summed E-state index contributed by atoms with van der Waals surface area (Å²) in [6, 6.07) is 5.78. The molecule has 0 radical (unpaired) electrons. The maximum absolute atomic E-state index is 14.5. The maximum Gasteiger partial charge on any atom is 0.331 e. The number of aryl methyl sites for hydroxylation is 2. The van der Waals surface area contributed by atoms with Crippen LogP contribution in [-0.2, 0) is 9.53 Å². The third-order valence-corrected chi connectivity index (χ3v) is 4.23. The van der Waals surface area contributed by atoms with Crippen molar-refractivity contribution < 1.29 is 23.8 Å². The van der Waals surface area contributed by atoms with Crippen LogP contribution in [0.3, 0.4) is 0 Å². The summed E-state index contributed by atoms with van der Waals surface area (Å²) in [5, 5.41) is 16.0. The number of rotatable bonds is 4. The summed E-state index contributed by atoms with van der Waals surface area (Å²) in [6.07, 6.45) is 0.167. The molecule has 132 valence electrons. The number of carbonyl (C=O) groups is 2. The molecule has 0 saturated carbocycles. The third kappa shape index (κ3) is 3.12. The Morgan fingerprint density at radius 2 is 2.12 bits per heavy atom. The maximum atomic E-state index is 14.5. The number of nitrogens with one attached hydrogen (secondary N) is 1. The van der Waals surface area contributed by atoms with Gasteiger partial charge in [-0.3, -0.25) is 4.79 Å². The van der Waals surface area contributed by atoms with Crippen molar-refractivity contribution in [3.05, 3.63) is 47.0 Å². The molecule has 1 aromatic heterocycles. The van der Waals surface area contributed by atoms with Crippen molar-refractivity contribution in [1.82, 2.24) is 15.1 Å². The molecule has 1 aliphatic heterocycles. The average molecular weight is 347 g/mol. The van der Waals surface area contributed by atoms with Crippen molar-refractivity contribution in [3.8, 4) is 5.69 Å². The lowest BCUT2D eigenvalue weighted by Gasteiger charge is -2.23. The molecule has 0 bridgehead atoms. The highest BCUT2D eigenvalue weighted by molar-refractivity contribution is 5.98. The van der Waals surface area contributed by atoms with Gasteiger partial charge in [0.05, 0.1) is 12.3 Å². The van der Waals surface area contributed by atoms with E-state index in [1.807, 2.05) is 6.07 Å². The number of aliphatic carboxylic acids is 1. The number of carboxylic acids is 1. The van der Waals surface area contributed by atoms with E-state index in [-0.39, 0.29) is 30.9 Å². The first-order valence-corrected chi connectivity index (χ1v) is 7.79. The number of nitrogens with zero attached hydrogens (tertiary/aromatic N) is 2. The Labute approximate surface area is 143 Å². The van der Waals surface area contributed by atoms with Gasteiger partial charge in [0, 0.05) is 24.3 Å². The van der Waals surface area contributed by atoms with Crippen LogP contribution in [0.5, 0.6) is 0 Å². The highest BCUT2D eigenvalue weighted by Gasteiger charge is 2.44. The molecule has 2 aromatic rings. The first-order valence-electron chi connectivity index (χ1n) is 7.79. The predicted octanol–water partition coefficient (Wildman–Crippen LogP) is 1.60. The fraction of sp³-hybridized carbons (Fsp3) is 0.353. The lowest BCUT2D eigenvalue weighted by atomic mass is 9.98. The zero-order chi connectivity index (χ0) is 18.2. The van der Waals surface area contributed by atoms with Crippen molar-refractivity contribution in [2.45, 2.75) is 25.8 Å². The summed E-state index contributed by atoms with van der Waals surface area (Å²) in [5.74, 6) is -2.45. The van der Waals surface area contributed by atoms with Crippen LogP contribution in [0.1, 0.15) is 28.2 Å². The summed E-state index contributed by atoms with van der Waals surface area (Å²) in [5.41, 5.74) is 0.307. The number of carboxylic acid groups (broad SMARTS) is 1. The largest absolute Gasteiger partial charge is 0.479 e. The van der Waals surface area contributed by atoms with E-state index in [2.05, 4.69) is 10.4 Å². The van der Waals surface area contributed by atoms with Crippen LogP contribution in [0.25, 0.3) is 5.69 Å². The van der Waals surface area contributed by atoms with E-state index in [9.17, 15) is 19.1 Å². The number of aromatic nitrogens is 2. The normalized spacial score (nSPS) is 19.8. The minimum atomic E-state index is -1.47. The number of ether oxygens (including phenoxy) is 1. The molecule has 7 nitrogen and oxygen atoms in total. The summed E-state index contributed by atoms with van der Waals surface area (Å²) in [6.45, 7) is 3.74. The van der Waals surface area contributed by atoms with Crippen LogP contribution in [-0.4, -0.2) is 45.5 Å². The second-order valence-corrected chi connectivity index (χ2v) is 6.15. The lowest BCUT2D eigenvalue weighted by Crippen LogP contribution is -2.55. The number of amides is 1.